The normalized spacial score (nSPS) is 23.8. The van der Waals surface area contributed by atoms with E-state index in [0.29, 0.717) is 44.9 Å². The predicted octanol–water partition coefficient (Wildman–Crippen LogP) is 11.5. The molecule has 536 valence electrons. The second-order valence-corrected chi connectivity index (χ2v) is 28.3. The molecule has 0 spiro atoms. The second-order valence-electron chi connectivity index (χ2n) is 26.5. The SMILES string of the molecule is CCCCCCCCCCCC(O)CC(=O)NC1C(OP(C)(=O)O)OC(CO[C@@H]2OC(CO)[C@@H](O)[C@H](OC(=O)CC(O)CCCCCCCCCCC)C2NC(=O)CC(O)CCCCCCCCCCC)[C@@H](O)[C@@H]1OC(=O)CC(O)CCCCCCCCCCC. The maximum absolute atomic E-state index is 13.9. The van der Waals surface area contributed by atoms with Crippen molar-refractivity contribution in [2.45, 2.75) is 396 Å². The number of amides is 2. The van der Waals surface area contributed by atoms with Crippen LogP contribution < -0.4 is 10.6 Å². The molecule has 2 aliphatic heterocycles. The zero-order valence-corrected chi connectivity index (χ0v) is 58.0. The Balaban J connectivity index is 2.43. The summed E-state index contributed by atoms with van der Waals surface area (Å²) < 4.78 is 48.8. The molecule has 0 aromatic heterocycles. The number of carbonyl (C=O) groups is 4. The third kappa shape index (κ3) is 40.7. The van der Waals surface area contributed by atoms with Gasteiger partial charge in [0, 0.05) is 6.66 Å². The maximum Gasteiger partial charge on any atom is 0.327 e. The van der Waals surface area contributed by atoms with Gasteiger partial charge in [0.15, 0.2) is 24.8 Å². The first-order valence-corrected chi connectivity index (χ1v) is 38.4. The number of carbonyl (C=O) groups excluding carboxylic acids is 4. The minimum Gasteiger partial charge on any atom is -0.457 e. The van der Waals surface area contributed by atoms with E-state index in [2.05, 4.69) is 38.3 Å². The molecular weight excluding hydrogens is 1190 g/mol. The fourth-order valence-electron chi connectivity index (χ4n) is 12.2. The number of ether oxygens (including phenoxy) is 5. The van der Waals surface area contributed by atoms with Crippen LogP contribution in [0.25, 0.3) is 0 Å². The van der Waals surface area contributed by atoms with Crippen LogP contribution in [-0.4, -0.2) is 170 Å². The Morgan fingerprint density at radius 3 is 1.01 bits per heavy atom. The molecule has 91 heavy (non-hydrogen) atoms. The van der Waals surface area contributed by atoms with Gasteiger partial charge in [0.05, 0.1) is 63.3 Å². The standard InChI is InChI=1S/C69H131N2O19P/c1-6-10-14-18-22-26-30-34-38-42-52(73)46-58(77)70-62-66(88-60(79)48-54(75)44-40-36-32-28-24-20-16-12-8-3)64(81)56(50-72)86-68(62)85-51-57-65(82)67(89-61(80)49-55(76)45-41-37-33-29-25-21-17-13-9-4)63(69(87-57)90-91(5,83)84)71-59(78)47-53(74)43-39-35-31-27-23-19-15-11-7-2/h52-57,62-69,72-76,81-82H,6-51H2,1-5H3,(H,70,77)(H,71,78)(H,83,84)/t52?,53?,54?,55?,56?,57?,62?,63?,64-,65-,66-,67-,68-,69?/m1/s1. The molecule has 2 fully saturated rings. The summed E-state index contributed by atoms with van der Waals surface area (Å²) in [6, 6.07) is -3.24. The predicted molar refractivity (Wildman–Crippen MR) is 353 cm³/mol. The number of unbranched alkanes of at least 4 members (excludes halogenated alkanes) is 32. The van der Waals surface area contributed by atoms with Crippen LogP contribution in [0, 0.1) is 0 Å². The van der Waals surface area contributed by atoms with Crippen molar-refractivity contribution in [3.05, 3.63) is 0 Å². The number of hydrogen-bond donors (Lipinski definition) is 10. The number of nitrogens with one attached hydrogen (secondary N) is 2. The molecule has 2 heterocycles. The maximum atomic E-state index is 13.9. The smallest absolute Gasteiger partial charge is 0.327 e. The first-order chi connectivity index (χ1) is 43.8. The van der Waals surface area contributed by atoms with Crippen molar-refractivity contribution in [1.29, 1.82) is 0 Å². The van der Waals surface area contributed by atoms with Crippen molar-refractivity contribution < 1.29 is 92.6 Å². The second kappa shape index (κ2) is 52.8. The van der Waals surface area contributed by atoms with Gasteiger partial charge in [-0.25, -0.2) is 0 Å². The highest BCUT2D eigenvalue weighted by Gasteiger charge is 2.53. The van der Waals surface area contributed by atoms with Crippen LogP contribution in [-0.2, 0) is 52.0 Å². The van der Waals surface area contributed by atoms with E-state index in [9.17, 15) is 64.4 Å². The summed E-state index contributed by atoms with van der Waals surface area (Å²) >= 11 is 0. The molecule has 21 nitrogen and oxygen atoms in total. The Morgan fingerprint density at radius 1 is 0.429 bits per heavy atom. The summed E-state index contributed by atoms with van der Waals surface area (Å²) in [4.78, 5) is 65.9. The zero-order chi connectivity index (χ0) is 67.1. The highest BCUT2D eigenvalue weighted by Crippen LogP contribution is 2.42. The molecule has 0 aliphatic carbocycles. The number of aliphatic hydroxyl groups excluding tert-OH is 7. The quantitative estimate of drug-likeness (QED) is 0.0154. The largest absolute Gasteiger partial charge is 0.457 e. The van der Waals surface area contributed by atoms with E-state index in [1.54, 1.807) is 0 Å². The summed E-state index contributed by atoms with van der Waals surface area (Å²) in [5.74, 6) is -3.43. The lowest BCUT2D eigenvalue weighted by molar-refractivity contribution is -0.297. The van der Waals surface area contributed by atoms with Gasteiger partial charge in [-0.15, -0.1) is 0 Å². The van der Waals surface area contributed by atoms with Gasteiger partial charge >= 0.3 is 19.5 Å². The van der Waals surface area contributed by atoms with Crippen molar-refractivity contribution >= 4 is 31.3 Å². The highest BCUT2D eigenvalue weighted by atomic mass is 31.2. The molecule has 2 amide bonds. The molecule has 22 heteroatoms. The molecular formula is C69H131N2O19P. The third-order valence-electron chi connectivity index (χ3n) is 17.7. The monoisotopic (exact) mass is 1320 g/mol. The van der Waals surface area contributed by atoms with Crippen molar-refractivity contribution in [2.24, 2.45) is 0 Å². The number of rotatable bonds is 58. The van der Waals surface area contributed by atoms with Crippen molar-refractivity contribution in [2.75, 3.05) is 19.9 Å². The highest BCUT2D eigenvalue weighted by molar-refractivity contribution is 7.51. The van der Waals surface area contributed by atoms with Crippen LogP contribution in [0.15, 0.2) is 0 Å². The van der Waals surface area contributed by atoms with Crippen LogP contribution in [0.2, 0.25) is 0 Å². The third-order valence-corrected chi connectivity index (χ3v) is 18.3. The molecule has 0 aromatic carbocycles. The van der Waals surface area contributed by atoms with Gasteiger partial charge in [0.25, 0.3) is 0 Å². The average molecular weight is 1320 g/mol. The van der Waals surface area contributed by atoms with Gasteiger partial charge in [-0.05, 0) is 25.7 Å². The van der Waals surface area contributed by atoms with E-state index in [4.69, 9.17) is 28.2 Å². The van der Waals surface area contributed by atoms with Gasteiger partial charge in [-0.3, -0.25) is 28.3 Å². The van der Waals surface area contributed by atoms with E-state index >= 15 is 0 Å². The van der Waals surface area contributed by atoms with Gasteiger partial charge in [0.1, 0.15) is 36.5 Å². The Morgan fingerprint density at radius 2 is 0.703 bits per heavy atom. The van der Waals surface area contributed by atoms with Gasteiger partial charge in [-0.2, -0.15) is 0 Å². The Kier molecular flexibility index (Phi) is 49.1. The first-order valence-electron chi connectivity index (χ1n) is 36.3. The lowest BCUT2D eigenvalue weighted by atomic mass is 9.95. The fourth-order valence-corrected chi connectivity index (χ4v) is 12.8. The average Bonchev–Trinajstić information content (AvgIpc) is 0.942. The summed E-state index contributed by atoms with van der Waals surface area (Å²) in [7, 11) is -4.54. The van der Waals surface area contributed by atoms with E-state index in [0.717, 1.165) is 109 Å². The summed E-state index contributed by atoms with van der Waals surface area (Å²) in [6.45, 7) is 7.95. The molecule has 0 bridgehead atoms. The van der Waals surface area contributed by atoms with Crippen LogP contribution in [0.3, 0.4) is 0 Å². The van der Waals surface area contributed by atoms with E-state index < -0.39 is 156 Å². The molecule has 2 saturated heterocycles. The van der Waals surface area contributed by atoms with Crippen LogP contribution in [0.5, 0.6) is 0 Å². The van der Waals surface area contributed by atoms with Crippen molar-refractivity contribution in [3.8, 4) is 0 Å². The van der Waals surface area contributed by atoms with Crippen molar-refractivity contribution in [3.63, 3.8) is 0 Å². The lowest BCUT2D eigenvalue weighted by Gasteiger charge is -2.46. The molecule has 10 unspecified atom stereocenters. The van der Waals surface area contributed by atoms with Crippen LogP contribution in [0.4, 0.5) is 0 Å². The zero-order valence-electron chi connectivity index (χ0n) is 57.1. The summed E-state index contributed by atoms with van der Waals surface area (Å²) in [5.41, 5.74) is 0. The van der Waals surface area contributed by atoms with Crippen LogP contribution >= 0.6 is 7.60 Å². The minimum atomic E-state index is -4.54. The Hall–Kier alpha value is -2.37. The Bertz CT molecular complexity index is 1890. The van der Waals surface area contributed by atoms with E-state index in [-0.39, 0.29) is 6.42 Å². The topological polar surface area (TPSA) is 327 Å². The van der Waals surface area contributed by atoms with E-state index in [1.165, 1.54) is 103 Å². The fraction of sp³-hybridized carbons (Fsp3) is 0.942. The lowest BCUT2D eigenvalue weighted by Crippen LogP contribution is -2.67. The molecule has 2 aliphatic rings. The number of aliphatic hydroxyl groups is 7. The number of hydrogen-bond acceptors (Lipinski definition) is 18. The molecule has 0 saturated carbocycles. The van der Waals surface area contributed by atoms with Gasteiger partial charge < -0.3 is 75.0 Å². The molecule has 0 aromatic rings. The van der Waals surface area contributed by atoms with Gasteiger partial charge in [0.2, 0.25) is 11.8 Å². The first kappa shape index (κ1) is 84.7. The summed E-state index contributed by atoms with van der Waals surface area (Å²) in [6.07, 6.45) is 18.9. The molecule has 0 radical (unpaired) electrons. The van der Waals surface area contributed by atoms with Crippen LogP contribution in [0.1, 0.15) is 310 Å². The Labute approximate surface area is 548 Å². The molecule has 15 atom stereocenters. The minimum absolute atomic E-state index is 0.279. The molecule has 10 N–H and O–H groups in total. The summed E-state index contributed by atoms with van der Waals surface area (Å²) in [5, 5.41) is 83.8. The molecule has 2 rings (SSSR count). The number of esters is 2. The van der Waals surface area contributed by atoms with E-state index in [1.807, 2.05) is 0 Å². The van der Waals surface area contributed by atoms with Gasteiger partial charge in [-0.1, -0.05) is 259 Å². The van der Waals surface area contributed by atoms with Crippen molar-refractivity contribution in [1.82, 2.24) is 10.6 Å².